The number of hydrogen-bond donors (Lipinski definition) is 2. The normalized spacial score (nSPS) is 31.5. The Morgan fingerprint density at radius 1 is 1.21 bits per heavy atom. The molecule has 82 valence electrons. The van der Waals surface area contributed by atoms with E-state index in [-0.39, 0.29) is 0 Å². The van der Waals surface area contributed by atoms with Crippen LogP contribution in [-0.4, -0.2) is 38.9 Å². The van der Waals surface area contributed by atoms with Gasteiger partial charge in [0.15, 0.2) is 0 Å². The lowest BCUT2D eigenvalue weighted by Crippen LogP contribution is -2.46. The van der Waals surface area contributed by atoms with Gasteiger partial charge in [-0.15, -0.1) is 0 Å². The van der Waals surface area contributed by atoms with E-state index >= 15 is 0 Å². The molecule has 2 rings (SSSR count). The van der Waals surface area contributed by atoms with Crippen LogP contribution in [0.2, 0.25) is 0 Å². The summed E-state index contributed by atoms with van der Waals surface area (Å²) < 4.78 is 5.23. The number of nitrogens with one attached hydrogen (secondary N) is 2. The van der Waals surface area contributed by atoms with Crippen LogP contribution in [0.4, 0.5) is 0 Å². The monoisotopic (exact) mass is 198 g/mol. The van der Waals surface area contributed by atoms with Crippen molar-refractivity contribution in [1.29, 1.82) is 0 Å². The molecule has 14 heavy (non-hydrogen) atoms. The molecule has 0 amide bonds. The van der Waals surface area contributed by atoms with Crippen molar-refractivity contribution in [3.05, 3.63) is 0 Å². The number of methoxy groups -OCH3 is 1. The maximum absolute atomic E-state index is 5.23. The third-order valence-corrected chi connectivity index (χ3v) is 3.29. The molecule has 0 aliphatic heterocycles. The third kappa shape index (κ3) is 3.23. The second-order valence-corrected chi connectivity index (χ2v) is 4.63. The predicted octanol–water partition coefficient (Wildman–Crippen LogP) is 0.753. The predicted molar refractivity (Wildman–Crippen MR) is 57.4 cm³/mol. The lowest BCUT2D eigenvalue weighted by Gasteiger charge is -2.34. The van der Waals surface area contributed by atoms with E-state index < -0.39 is 0 Å². The van der Waals surface area contributed by atoms with Crippen LogP contribution in [0, 0.1) is 5.92 Å². The Bertz CT molecular complexity index is 165. The number of ether oxygens (including phenoxy) is 1. The molecule has 3 nitrogen and oxygen atoms in total. The fourth-order valence-electron chi connectivity index (χ4n) is 1.92. The fraction of sp³-hybridized carbons (Fsp3) is 1.00. The Morgan fingerprint density at radius 3 is 2.64 bits per heavy atom. The van der Waals surface area contributed by atoms with Gasteiger partial charge < -0.3 is 15.4 Å². The summed E-state index contributed by atoms with van der Waals surface area (Å²) in [5, 5.41) is 7.02. The van der Waals surface area contributed by atoms with Crippen LogP contribution < -0.4 is 10.6 Å². The molecule has 0 bridgehead atoms. The average Bonchev–Trinajstić information content (AvgIpc) is 2.91. The molecule has 3 heteroatoms. The van der Waals surface area contributed by atoms with Crippen molar-refractivity contribution < 1.29 is 4.74 Å². The Labute approximate surface area is 86.6 Å². The molecule has 0 aromatic rings. The highest BCUT2D eigenvalue weighted by Gasteiger charge is 2.28. The van der Waals surface area contributed by atoms with Crippen LogP contribution in [0.1, 0.15) is 25.7 Å². The van der Waals surface area contributed by atoms with Crippen LogP contribution in [0.3, 0.4) is 0 Å². The van der Waals surface area contributed by atoms with Crippen molar-refractivity contribution >= 4 is 0 Å². The summed E-state index contributed by atoms with van der Waals surface area (Å²) in [4.78, 5) is 0. The Balaban J connectivity index is 1.36. The van der Waals surface area contributed by atoms with Crippen LogP contribution in [0.25, 0.3) is 0 Å². The smallest absolute Gasteiger partial charge is 0.0601 e. The second kappa shape index (κ2) is 5.10. The first-order valence-electron chi connectivity index (χ1n) is 5.85. The van der Waals surface area contributed by atoms with Crippen molar-refractivity contribution in [3.63, 3.8) is 0 Å². The molecule has 2 fully saturated rings. The summed E-state index contributed by atoms with van der Waals surface area (Å²) >= 11 is 0. The molecule has 2 saturated carbocycles. The fourth-order valence-corrected chi connectivity index (χ4v) is 1.92. The zero-order chi connectivity index (χ0) is 9.80. The summed E-state index contributed by atoms with van der Waals surface area (Å²) in [5.74, 6) is 0.997. The quantitative estimate of drug-likeness (QED) is 0.592. The van der Waals surface area contributed by atoms with E-state index in [9.17, 15) is 0 Å². The minimum absolute atomic E-state index is 0.520. The lowest BCUT2D eigenvalue weighted by atomic mass is 9.89. The topological polar surface area (TPSA) is 33.3 Å². The summed E-state index contributed by atoms with van der Waals surface area (Å²) in [6.07, 6.45) is 5.79. The third-order valence-electron chi connectivity index (χ3n) is 3.29. The first kappa shape index (κ1) is 10.4. The van der Waals surface area contributed by atoms with Gasteiger partial charge in [0.25, 0.3) is 0 Å². The lowest BCUT2D eigenvalue weighted by molar-refractivity contribution is 0.0177. The van der Waals surface area contributed by atoms with Gasteiger partial charge in [-0.1, -0.05) is 0 Å². The molecule has 0 spiro atoms. The van der Waals surface area contributed by atoms with E-state index in [4.69, 9.17) is 4.74 Å². The van der Waals surface area contributed by atoms with E-state index in [2.05, 4.69) is 10.6 Å². The summed E-state index contributed by atoms with van der Waals surface area (Å²) in [6.45, 7) is 3.45. The van der Waals surface area contributed by atoms with Crippen molar-refractivity contribution in [3.8, 4) is 0 Å². The summed E-state index contributed by atoms with van der Waals surface area (Å²) in [7, 11) is 1.80. The van der Waals surface area contributed by atoms with Gasteiger partial charge in [0.1, 0.15) is 0 Å². The molecule has 0 atom stereocenters. The molecule has 2 N–H and O–H groups in total. The van der Waals surface area contributed by atoms with E-state index in [0.29, 0.717) is 12.1 Å². The van der Waals surface area contributed by atoms with E-state index in [1.165, 1.54) is 32.2 Å². The van der Waals surface area contributed by atoms with Crippen LogP contribution in [0.15, 0.2) is 0 Å². The number of rotatable bonds is 7. The first-order valence-corrected chi connectivity index (χ1v) is 5.85. The first-order chi connectivity index (χ1) is 6.88. The van der Waals surface area contributed by atoms with Crippen LogP contribution >= 0.6 is 0 Å². The highest BCUT2D eigenvalue weighted by atomic mass is 16.5. The largest absolute Gasteiger partial charge is 0.381 e. The van der Waals surface area contributed by atoms with Gasteiger partial charge in [0, 0.05) is 26.2 Å². The molecule has 0 saturated heterocycles. The standard InChI is InChI=1S/C11H22N2O/c1-14-11-6-10(7-11)13-5-4-12-8-9-2-3-9/h9-13H,2-8H2,1H3. The maximum atomic E-state index is 5.23. The van der Waals surface area contributed by atoms with Crippen LogP contribution in [0.5, 0.6) is 0 Å². The average molecular weight is 198 g/mol. The van der Waals surface area contributed by atoms with Gasteiger partial charge in [0.2, 0.25) is 0 Å². The van der Waals surface area contributed by atoms with Crippen LogP contribution in [-0.2, 0) is 4.74 Å². The molecule has 0 unspecified atom stereocenters. The highest BCUT2D eigenvalue weighted by Crippen LogP contribution is 2.27. The molecule has 0 aromatic carbocycles. The van der Waals surface area contributed by atoms with Crippen molar-refractivity contribution in [1.82, 2.24) is 10.6 Å². The molecule has 0 heterocycles. The minimum Gasteiger partial charge on any atom is -0.381 e. The summed E-state index contributed by atoms with van der Waals surface area (Å²) in [5.41, 5.74) is 0. The Hall–Kier alpha value is -0.120. The molecule has 0 radical (unpaired) electrons. The van der Waals surface area contributed by atoms with E-state index in [0.717, 1.165) is 19.0 Å². The Morgan fingerprint density at radius 2 is 2.00 bits per heavy atom. The van der Waals surface area contributed by atoms with Gasteiger partial charge in [-0.25, -0.2) is 0 Å². The van der Waals surface area contributed by atoms with E-state index in [1.807, 2.05) is 0 Å². The van der Waals surface area contributed by atoms with Crippen molar-refractivity contribution in [2.24, 2.45) is 5.92 Å². The van der Waals surface area contributed by atoms with Gasteiger partial charge in [-0.3, -0.25) is 0 Å². The molecular weight excluding hydrogens is 176 g/mol. The SMILES string of the molecule is COC1CC(NCCNCC2CC2)C1. The van der Waals surface area contributed by atoms with Gasteiger partial charge in [-0.05, 0) is 38.1 Å². The minimum atomic E-state index is 0.520. The van der Waals surface area contributed by atoms with Gasteiger partial charge >= 0.3 is 0 Å². The number of hydrogen-bond acceptors (Lipinski definition) is 3. The van der Waals surface area contributed by atoms with E-state index in [1.54, 1.807) is 7.11 Å². The van der Waals surface area contributed by atoms with Crippen molar-refractivity contribution in [2.45, 2.75) is 37.8 Å². The van der Waals surface area contributed by atoms with Gasteiger partial charge in [0.05, 0.1) is 6.10 Å². The molecular formula is C11H22N2O. The second-order valence-electron chi connectivity index (χ2n) is 4.63. The highest BCUT2D eigenvalue weighted by molar-refractivity contribution is 4.85. The van der Waals surface area contributed by atoms with Gasteiger partial charge in [-0.2, -0.15) is 0 Å². The zero-order valence-electron chi connectivity index (χ0n) is 9.09. The summed E-state index contributed by atoms with van der Waals surface area (Å²) in [6, 6.07) is 0.711. The van der Waals surface area contributed by atoms with Crippen molar-refractivity contribution in [2.75, 3.05) is 26.7 Å². The Kier molecular flexibility index (Phi) is 3.79. The molecule has 2 aliphatic rings. The zero-order valence-corrected chi connectivity index (χ0v) is 9.09. The maximum Gasteiger partial charge on any atom is 0.0601 e. The molecule has 0 aromatic heterocycles. The molecule has 2 aliphatic carbocycles.